The van der Waals surface area contributed by atoms with Gasteiger partial charge in [-0.25, -0.2) is 0 Å². The van der Waals surface area contributed by atoms with E-state index in [1.165, 1.54) is 31.7 Å². The van der Waals surface area contributed by atoms with Crippen molar-refractivity contribution >= 4 is 44.5 Å². The van der Waals surface area contributed by atoms with E-state index >= 15 is 0 Å². The first kappa shape index (κ1) is 19.1. The summed E-state index contributed by atoms with van der Waals surface area (Å²) in [5.74, 6) is 1.70. The largest absolute Gasteiger partial charge is 0.456 e. The van der Waals surface area contributed by atoms with Gasteiger partial charge in [0.05, 0.1) is 0 Å². The maximum absolute atomic E-state index is 6.36. The molecule has 0 amide bonds. The summed E-state index contributed by atoms with van der Waals surface area (Å²) in [5, 5.41) is 4.88. The van der Waals surface area contributed by atoms with Crippen LogP contribution in [0.2, 0.25) is 0 Å². The van der Waals surface area contributed by atoms with E-state index in [1.54, 1.807) is 0 Å². The number of hydrogen-bond donors (Lipinski definition) is 0. The van der Waals surface area contributed by atoms with Gasteiger partial charge in [-0.3, -0.25) is 0 Å². The molecule has 2 aromatic heterocycles. The standard InChI is InChI=1S/C32H18O2S/c1-2-9-28-22(7-1)23-13-11-21(18-29(23)34-28)27-15-14-26(33-27)20-12-16-30-25(17-20)24-8-3-5-19-6-4-10-31(35-30)32(19)24/h1-18H. The minimum Gasteiger partial charge on any atom is -0.456 e. The van der Waals surface area contributed by atoms with Gasteiger partial charge in [0.25, 0.3) is 0 Å². The molecule has 164 valence electrons. The highest BCUT2D eigenvalue weighted by Gasteiger charge is 2.20. The highest BCUT2D eigenvalue weighted by atomic mass is 32.2. The second-order valence-electron chi connectivity index (χ2n) is 8.95. The first-order chi connectivity index (χ1) is 17.3. The number of furan rings is 2. The maximum Gasteiger partial charge on any atom is 0.136 e. The molecule has 0 bridgehead atoms. The fourth-order valence-electron chi connectivity index (χ4n) is 5.24. The Kier molecular flexibility index (Phi) is 3.91. The van der Waals surface area contributed by atoms with Crippen LogP contribution in [0.5, 0.6) is 0 Å². The maximum atomic E-state index is 6.36. The second kappa shape index (κ2) is 7.14. The summed E-state index contributed by atoms with van der Waals surface area (Å²) in [6.07, 6.45) is 0. The van der Waals surface area contributed by atoms with Crippen molar-refractivity contribution in [3.63, 3.8) is 0 Å². The van der Waals surface area contributed by atoms with E-state index in [2.05, 4.69) is 84.9 Å². The SMILES string of the molecule is c1cc2c3c(cccc3c1)-c1cc(-c3ccc(-c4ccc5c(c4)oc4ccccc45)o3)ccc1S2. The van der Waals surface area contributed by atoms with Crippen molar-refractivity contribution in [1.29, 1.82) is 0 Å². The topological polar surface area (TPSA) is 26.3 Å². The van der Waals surface area contributed by atoms with Gasteiger partial charge in [-0.15, -0.1) is 0 Å². The highest BCUT2D eigenvalue weighted by molar-refractivity contribution is 7.99. The average Bonchev–Trinajstić information content (AvgIpc) is 3.54. The molecule has 0 spiro atoms. The molecule has 0 saturated heterocycles. The van der Waals surface area contributed by atoms with Gasteiger partial charge >= 0.3 is 0 Å². The molecule has 3 heterocycles. The van der Waals surface area contributed by atoms with Crippen LogP contribution in [0.3, 0.4) is 0 Å². The summed E-state index contributed by atoms with van der Waals surface area (Å²) in [7, 11) is 0. The van der Waals surface area contributed by atoms with Gasteiger partial charge in [-0.2, -0.15) is 0 Å². The molecule has 8 rings (SSSR count). The Hall–Kier alpha value is -4.21. The number of hydrogen-bond acceptors (Lipinski definition) is 3. The van der Waals surface area contributed by atoms with E-state index in [1.807, 2.05) is 36.0 Å². The number of fused-ring (bicyclic) bond motifs is 5. The van der Waals surface area contributed by atoms with Crippen molar-refractivity contribution in [1.82, 2.24) is 0 Å². The van der Waals surface area contributed by atoms with E-state index in [0.29, 0.717) is 0 Å². The molecular formula is C32H18O2S. The first-order valence-corrected chi connectivity index (χ1v) is 12.5. The Balaban J connectivity index is 1.22. The zero-order chi connectivity index (χ0) is 22.9. The van der Waals surface area contributed by atoms with Crippen molar-refractivity contribution < 1.29 is 8.83 Å². The summed E-state index contributed by atoms with van der Waals surface area (Å²) >= 11 is 1.84. The molecule has 1 aliphatic heterocycles. The number of rotatable bonds is 2. The van der Waals surface area contributed by atoms with Crippen LogP contribution in [0, 0.1) is 0 Å². The van der Waals surface area contributed by atoms with Crippen LogP contribution in [0.1, 0.15) is 0 Å². The number of para-hydroxylation sites is 1. The third-order valence-corrected chi connectivity index (χ3v) is 8.05. The van der Waals surface area contributed by atoms with E-state index < -0.39 is 0 Å². The predicted octanol–water partition coefficient (Wildman–Crippen LogP) is 9.80. The smallest absolute Gasteiger partial charge is 0.136 e. The van der Waals surface area contributed by atoms with Crippen LogP contribution in [0.15, 0.2) is 128 Å². The summed E-state index contributed by atoms with van der Waals surface area (Å²) in [4.78, 5) is 2.60. The van der Waals surface area contributed by atoms with Gasteiger partial charge in [0.15, 0.2) is 0 Å². The fourth-order valence-corrected chi connectivity index (χ4v) is 6.37. The van der Waals surface area contributed by atoms with Crippen LogP contribution in [0.4, 0.5) is 0 Å². The zero-order valence-electron chi connectivity index (χ0n) is 18.6. The van der Waals surface area contributed by atoms with Gasteiger partial charge in [-0.05, 0) is 65.0 Å². The first-order valence-electron chi connectivity index (χ1n) is 11.7. The Morgan fingerprint density at radius 3 is 2.17 bits per heavy atom. The van der Waals surface area contributed by atoms with E-state index in [4.69, 9.17) is 8.83 Å². The Bertz CT molecular complexity index is 1930. The molecule has 0 fully saturated rings. The molecule has 2 nitrogen and oxygen atoms in total. The lowest BCUT2D eigenvalue weighted by atomic mass is 9.96. The number of benzene rings is 5. The van der Waals surface area contributed by atoms with Crippen LogP contribution >= 0.6 is 11.8 Å². The van der Waals surface area contributed by atoms with Crippen molar-refractivity contribution in [3.8, 4) is 33.8 Å². The Morgan fingerprint density at radius 2 is 1.26 bits per heavy atom. The lowest BCUT2D eigenvalue weighted by Crippen LogP contribution is -1.93. The minimum atomic E-state index is 0.835. The average molecular weight is 467 g/mol. The van der Waals surface area contributed by atoms with Crippen molar-refractivity contribution in [3.05, 3.63) is 109 Å². The Labute approximate surface area is 205 Å². The van der Waals surface area contributed by atoms with Crippen molar-refractivity contribution in [2.75, 3.05) is 0 Å². The second-order valence-corrected chi connectivity index (χ2v) is 10.0. The molecule has 1 aliphatic rings. The lowest BCUT2D eigenvalue weighted by molar-refractivity contribution is 0.597. The van der Waals surface area contributed by atoms with Gasteiger partial charge in [0.2, 0.25) is 0 Å². The van der Waals surface area contributed by atoms with E-state index in [0.717, 1.165) is 44.6 Å². The van der Waals surface area contributed by atoms with Gasteiger partial charge in [-0.1, -0.05) is 72.4 Å². The van der Waals surface area contributed by atoms with E-state index in [9.17, 15) is 0 Å². The highest BCUT2D eigenvalue weighted by Crippen LogP contribution is 2.48. The lowest BCUT2D eigenvalue weighted by Gasteiger charge is -2.20. The Morgan fingerprint density at radius 1 is 0.486 bits per heavy atom. The molecule has 3 heteroatoms. The molecule has 0 radical (unpaired) electrons. The van der Waals surface area contributed by atoms with Crippen LogP contribution in [-0.4, -0.2) is 0 Å². The monoisotopic (exact) mass is 466 g/mol. The van der Waals surface area contributed by atoms with Gasteiger partial charge in [0.1, 0.15) is 22.7 Å². The van der Waals surface area contributed by atoms with Gasteiger partial charge in [0, 0.05) is 37.1 Å². The molecule has 35 heavy (non-hydrogen) atoms. The molecular weight excluding hydrogens is 448 g/mol. The summed E-state index contributed by atoms with van der Waals surface area (Å²) in [6, 6.07) is 38.3. The molecule has 0 saturated carbocycles. The summed E-state index contributed by atoms with van der Waals surface area (Å²) < 4.78 is 12.4. The molecule has 0 aliphatic carbocycles. The molecule has 0 unspecified atom stereocenters. The van der Waals surface area contributed by atoms with Crippen molar-refractivity contribution in [2.24, 2.45) is 0 Å². The summed E-state index contributed by atoms with van der Waals surface area (Å²) in [5.41, 5.74) is 6.42. The summed E-state index contributed by atoms with van der Waals surface area (Å²) in [6.45, 7) is 0. The molecule has 7 aromatic rings. The van der Waals surface area contributed by atoms with Gasteiger partial charge < -0.3 is 8.83 Å². The fraction of sp³-hybridized carbons (Fsp3) is 0. The molecule has 0 N–H and O–H groups in total. The predicted molar refractivity (Wildman–Crippen MR) is 144 cm³/mol. The van der Waals surface area contributed by atoms with Crippen LogP contribution in [0.25, 0.3) is 66.5 Å². The van der Waals surface area contributed by atoms with E-state index in [-0.39, 0.29) is 0 Å². The van der Waals surface area contributed by atoms with Crippen LogP contribution in [-0.2, 0) is 0 Å². The minimum absolute atomic E-state index is 0.835. The van der Waals surface area contributed by atoms with Crippen molar-refractivity contribution in [2.45, 2.75) is 9.79 Å². The third-order valence-electron chi connectivity index (χ3n) is 6.91. The molecule has 0 atom stereocenters. The van der Waals surface area contributed by atoms with Crippen LogP contribution < -0.4 is 0 Å². The quantitative estimate of drug-likeness (QED) is 0.254. The normalized spacial score (nSPS) is 12.5. The molecule has 5 aromatic carbocycles. The zero-order valence-corrected chi connectivity index (χ0v) is 19.4. The third kappa shape index (κ3) is 2.85.